The topological polar surface area (TPSA) is 60.5 Å². The molecule has 0 aliphatic rings. The number of hydrogen-bond acceptors (Lipinski definition) is 5. The van der Waals surface area contributed by atoms with Crippen molar-refractivity contribution >= 4 is 28.2 Å². The molecule has 0 amide bonds. The number of methoxy groups -OCH3 is 1. The molecule has 0 bridgehead atoms. The van der Waals surface area contributed by atoms with Crippen molar-refractivity contribution < 1.29 is 14.3 Å². The number of rotatable bonds is 5. The number of fused-ring (bicyclic) bond motifs is 1. The van der Waals surface area contributed by atoms with E-state index in [-0.39, 0.29) is 12.1 Å². The van der Waals surface area contributed by atoms with Crippen molar-refractivity contribution in [2.24, 2.45) is 0 Å². The van der Waals surface area contributed by atoms with Crippen molar-refractivity contribution in [2.75, 3.05) is 12.4 Å². The second kappa shape index (κ2) is 7.44. The van der Waals surface area contributed by atoms with E-state index in [1.807, 2.05) is 57.2 Å². The number of hydrogen-bond donors (Lipinski definition) is 1. The lowest BCUT2D eigenvalue weighted by Gasteiger charge is -2.13. The molecule has 0 aliphatic carbocycles. The van der Waals surface area contributed by atoms with Crippen molar-refractivity contribution in [3.05, 3.63) is 59.8 Å². The number of anilines is 2. The zero-order valence-electron chi connectivity index (χ0n) is 15.4. The van der Waals surface area contributed by atoms with Crippen LogP contribution in [0.5, 0.6) is 5.75 Å². The molecule has 26 heavy (non-hydrogen) atoms. The molecule has 0 radical (unpaired) electrons. The molecule has 0 unspecified atom stereocenters. The van der Waals surface area contributed by atoms with Crippen molar-refractivity contribution in [1.82, 2.24) is 4.98 Å². The fourth-order valence-electron chi connectivity index (χ4n) is 2.75. The maximum atomic E-state index is 11.8. The van der Waals surface area contributed by atoms with E-state index in [1.54, 1.807) is 12.1 Å². The lowest BCUT2D eigenvalue weighted by molar-refractivity contribution is 0.0601. The molecule has 5 nitrogen and oxygen atoms in total. The van der Waals surface area contributed by atoms with E-state index < -0.39 is 0 Å². The van der Waals surface area contributed by atoms with Crippen LogP contribution in [0.1, 0.15) is 29.9 Å². The number of aromatic nitrogens is 1. The number of nitrogens with one attached hydrogen (secondary N) is 1. The average molecular weight is 350 g/mol. The molecular weight excluding hydrogens is 328 g/mol. The number of carbonyl (C=O) groups is 1. The second-order valence-electron chi connectivity index (χ2n) is 6.35. The van der Waals surface area contributed by atoms with Crippen LogP contribution < -0.4 is 10.1 Å². The van der Waals surface area contributed by atoms with Gasteiger partial charge in [-0.2, -0.15) is 0 Å². The molecule has 0 atom stereocenters. The van der Waals surface area contributed by atoms with E-state index in [2.05, 4.69) is 10.3 Å². The van der Waals surface area contributed by atoms with Crippen LogP contribution in [0, 0.1) is 6.92 Å². The van der Waals surface area contributed by atoms with E-state index in [0.717, 1.165) is 33.7 Å². The van der Waals surface area contributed by atoms with E-state index in [1.165, 1.54) is 7.11 Å². The van der Waals surface area contributed by atoms with Crippen molar-refractivity contribution in [3.63, 3.8) is 0 Å². The summed E-state index contributed by atoms with van der Waals surface area (Å²) in [5, 5.41) is 4.27. The fourth-order valence-corrected chi connectivity index (χ4v) is 2.75. The first kappa shape index (κ1) is 17.7. The first-order valence-electron chi connectivity index (χ1n) is 8.49. The first-order valence-corrected chi connectivity index (χ1v) is 8.49. The molecule has 0 saturated heterocycles. The number of esters is 1. The lowest BCUT2D eigenvalue weighted by Crippen LogP contribution is -2.05. The number of carbonyl (C=O) groups excluding carboxylic acids is 1. The summed E-state index contributed by atoms with van der Waals surface area (Å²) < 4.78 is 10.5. The summed E-state index contributed by atoms with van der Waals surface area (Å²) in [4.78, 5) is 16.4. The Kier molecular flexibility index (Phi) is 5.07. The van der Waals surface area contributed by atoms with Gasteiger partial charge in [-0.1, -0.05) is 0 Å². The average Bonchev–Trinajstić information content (AvgIpc) is 2.62. The molecule has 3 rings (SSSR count). The molecule has 2 aromatic carbocycles. The highest BCUT2D eigenvalue weighted by molar-refractivity contribution is 5.99. The van der Waals surface area contributed by atoms with Crippen LogP contribution in [-0.4, -0.2) is 24.2 Å². The van der Waals surface area contributed by atoms with Gasteiger partial charge in [0.2, 0.25) is 0 Å². The molecule has 0 aliphatic heterocycles. The molecule has 134 valence electrons. The largest absolute Gasteiger partial charge is 0.491 e. The molecule has 1 heterocycles. The van der Waals surface area contributed by atoms with Gasteiger partial charge in [0, 0.05) is 22.5 Å². The van der Waals surface area contributed by atoms with Crippen molar-refractivity contribution in [1.29, 1.82) is 0 Å². The molecular formula is C21H22N2O3. The van der Waals surface area contributed by atoms with Gasteiger partial charge in [-0.25, -0.2) is 4.79 Å². The highest BCUT2D eigenvalue weighted by Crippen LogP contribution is 2.28. The number of aryl methyl sites for hydroxylation is 1. The second-order valence-corrected chi connectivity index (χ2v) is 6.35. The third-order valence-electron chi connectivity index (χ3n) is 3.86. The zero-order chi connectivity index (χ0) is 18.7. The van der Waals surface area contributed by atoms with E-state index >= 15 is 0 Å². The predicted molar refractivity (Wildman–Crippen MR) is 103 cm³/mol. The molecule has 1 N–H and O–H groups in total. The van der Waals surface area contributed by atoms with E-state index in [9.17, 15) is 4.79 Å². The van der Waals surface area contributed by atoms with Crippen LogP contribution >= 0.6 is 0 Å². The van der Waals surface area contributed by atoms with Gasteiger partial charge in [-0.15, -0.1) is 0 Å². The molecule has 3 aromatic rings. The van der Waals surface area contributed by atoms with Crippen LogP contribution in [-0.2, 0) is 4.74 Å². The van der Waals surface area contributed by atoms with Crippen LogP contribution in [0.4, 0.5) is 11.4 Å². The first-order chi connectivity index (χ1) is 12.5. The third kappa shape index (κ3) is 3.94. The summed E-state index contributed by atoms with van der Waals surface area (Å²) in [5.74, 6) is 0.461. The van der Waals surface area contributed by atoms with Gasteiger partial charge in [-0.3, -0.25) is 4.98 Å². The lowest BCUT2D eigenvalue weighted by atomic mass is 10.1. The minimum Gasteiger partial charge on any atom is -0.491 e. The Bertz CT molecular complexity index is 934. The summed E-state index contributed by atoms with van der Waals surface area (Å²) in [6.45, 7) is 5.94. The monoisotopic (exact) mass is 350 g/mol. The van der Waals surface area contributed by atoms with Gasteiger partial charge in [0.1, 0.15) is 5.75 Å². The minimum absolute atomic E-state index is 0.136. The van der Waals surface area contributed by atoms with Gasteiger partial charge in [0.15, 0.2) is 0 Å². The Labute approximate surface area is 153 Å². The van der Waals surface area contributed by atoms with Gasteiger partial charge >= 0.3 is 5.97 Å². The molecule has 0 spiro atoms. The van der Waals surface area contributed by atoms with Crippen molar-refractivity contribution in [3.8, 4) is 5.75 Å². The molecule has 0 fully saturated rings. The van der Waals surface area contributed by atoms with Crippen LogP contribution in [0.25, 0.3) is 10.9 Å². The Morgan fingerprint density at radius 1 is 1.08 bits per heavy atom. The number of benzene rings is 2. The number of pyridine rings is 1. The Balaban J connectivity index is 1.96. The zero-order valence-corrected chi connectivity index (χ0v) is 15.4. The Morgan fingerprint density at radius 3 is 2.46 bits per heavy atom. The highest BCUT2D eigenvalue weighted by Gasteiger charge is 2.10. The summed E-state index contributed by atoms with van der Waals surface area (Å²) in [6, 6.07) is 15.1. The van der Waals surface area contributed by atoms with Crippen LogP contribution in [0.3, 0.4) is 0 Å². The van der Waals surface area contributed by atoms with Gasteiger partial charge in [0.25, 0.3) is 0 Å². The fraction of sp³-hybridized carbons (Fsp3) is 0.238. The maximum absolute atomic E-state index is 11.8. The summed E-state index contributed by atoms with van der Waals surface area (Å²) in [7, 11) is 1.37. The molecule has 0 saturated carbocycles. The van der Waals surface area contributed by atoms with Crippen LogP contribution in [0.15, 0.2) is 48.5 Å². The Hall–Kier alpha value is -3.08. The van der Waals surface area contributed by atoms with E-state index in [0.29, 0.717) is 5.56 Å². The maximum Gasteiger partial charge on any atom is 0.337 e. The molecule has 1 aromatic heterocycles. The predicted octanol–water partition coefficient (Wildman–Crippen LogP) is 4.86. The smallest absolute Gasteiger partial charge is 0.337 e. The Morgan fingerprint density at radius 2 is 1.81 bits per heavy atom. The van der Waals surface area contributed by atoms with E-state index in [4.69, 9.17) is 9.47 Å². The summed E-state index contributed by atoms with van der Waals surface area (Å²) in [6.07, 6.45) is 0.136. The van der Waals surface area contributed by atoms with Gasteiger partial charge in [-0.05, 0) is 69.3 Å². The number of ether oxygens (including phenoxy) is 2. The third-order valence-corrected chi connectivity index (χ3v) is 3.86. The van der Waals surface area contributed by atoms with Crippen LogP contribution in [0.2, 0.25) is 0 Å². The molecule has 5 heteroatoms. The quantitative estimate of drug-likeness (QED) is 0.666. The normalized spacial score (nSPS) is 10.8. The number of nitrogens with zero attached hydrogens (tertiary/aromatic N) is 1. The van der Waals surface area contributed by atoms with Crippen molar-refractivity contribution in [2.45, 2.75) is 26.9 Å². The summed E-state index contributed by atoms with van der Waals surface area (Å²) in [5.41, 5.74) is 4.02. The SMILES string of the molecule is COC(=O)c1ccc2nc(C)cc(Nc3ccc(OC(C)C)cc3)c2c1. The van der Waals surface area contributed by atoms with Gasteiger partial charge < -0.3 is 14.8 Å². The summed E-state index contributed by atoms with van der Waals surface area (Å²) >= 11 is 0. The minimum atomic E-state index is -0.367. The standard InChI is InChI=1S/C21H22N2O3/c1-13(2)26-17-8-6-16(7-9-17)23-20-11-14(3)22-19-10-5-15(12-18(19)20)21(24)25-4/h5-13H,1-4H3,(H,22,23). The van der Waals surface area contributed by atoms with Gasteiger partial charge in [0.05, 0.1) is 24.3 Å². The highest BCUT2D eigenvalue weighted by atomic mass is 16.5.